The first-order valence-electron chi connectivity index (χ1n) is 10.6. The lowest BCUT2D eigenvalue weighted by atomic mass is 10.1. The molecule has 0 saturated heterocycles. The SMILES string of the molecule is Cc1ccccc1-c1nc(C)c(CNC(=O)CC2CSc3nc4c(c(=O)n32)CCC4)s1. The van der Waals surface area contributed by atoms with Crippen molar-refractivity contribution in [3.63, 3.8) is 0 Å². The van der Waals surface area contributed by atoms with E-state index in [-0.39, 0.29) is 17.5 Å². The predicted octanol–water partition coefficient (Wildman–Crippen LogP) is 3.83. The van der Waals surface area contributed by atoms with Gasteiger partial charge in [0.05, 0.1) is 24.0 Å². The van der Waals surface area contributed by atoms with Gasteiger partial charge in [-0.1, -0.05) is 36.0 Å². The minimum atomic E-state index is -0.129. The summed E-state index contributed by atoms with van der Waals surface area (Å²) >= 11 is 3.20. The molecule has 1 aliphatic carbocycles. The van der Waals surface area contributed by atoms with E-state index >= 15 is 0 Å². The third-order valence-electron chi connectivity index (χ3n) is 6.01. The van der Waals surface area contributed by atoms with Crippen LogP contribution in [-0.2, 0) is 24.2 Å². The topological polar surface area (TPSA) is 76.9 Å². The zero-order chi connectivity index (χ0) is 21.5. The van der Waals surface area contributed by atoms with E-state index in [0.29, 0.717) is 13.0 Å². The van der Waals surface area contributed by atoms with Crippen molar-refractivity contribution in [3.05, 3.63) is 62.0 Å². The molecule has 31 heavy (non-hydrogen) atoms. The van der Waals surface area contributed by atoms with Crippen LogP contribution in [0.15, 0.2) is 34.2 Å². The van der Waals surface area contributed by atoms with Gasteiger partial charge in [-0.2, -0.15) is 0 Å². The lowest BCUT2D eigenvalue weighted by Crippen LogP contribution is -2.32. The van der Waals surface area contributed by atoms with Crippen LogP contribution in [0.3, 0.4) is 0 Å². The Morgan fingerprint density at radius 1 is 1.23 bits per heavy atom. The van der Waals surface area contributed by atoms with E-state index in [1.165, 1.54) is 5.56 Å². The number of nitrogens with zero attached hydrogens (tertiary/aromatic N) is 3. The van der Waals surface area contributed by atoms with Gasteiger partial charge in [0.25, 0.3) is 5.56 Å². The fraction of sp³-hybridized carbons (Fsp3) is 0.391. The van der Waals surface area contributed by atoms with E-state index in [1.54, 1.807) is 27.7 Å². The molecular weight excluding hydrogens is 428 g/mol. The van der Waals surface area contributed by atoms with E-state index in [1.807, 2.05) is 19.1 Å². The second kappa shape index (κ2) is 8.24. The molecule has 160 valence electrons. The minimum absolute atomic E-state index is 0.0453. The Balaban J connectivity index is 1.26. The standard InChI is InChI=1S/C23H24N4O2S2/c1-13-6-3-4-7-16(13)21-25-14(2)19(31-21)11-24-20(28)10-15-12-30-23-26-18-9-5-8-17(18)22(29)27(15)23/h3-4,6-7,15H,5,8-12H2,1-2H3,(H,24,28). The Morgan fingerprint density at radius 3 is 2.90 bits per heavy atom. The van der Waals surface area contributed by atoms with E-state index in [4.69, 9.17) is 4.98 Å². The summed E-state index contributed by atoms with van der Waals surface area (Å²) in [6, 6.07) is 8.07. The van der Waals surface area contributed by atoms with Gasteiger partial charge in [-0.15, -0.1) is 11.3 Å². The highest BCUT2D eigenvalue weighted by atomic mass is 32.2. The van der Waals surface area contributed by atoms with Crippen LogP contribution in [0.5, 0.6) is 0 Å². The Labute approximate surface area is 189 Å². The predicted molar refractivity (Wildman–Crippen MR) is 124 cm³/mol. The summed E-state index contributed by atoms with van der Waals surface area (Å²) in [5, 5.41) is 4.78. The van der Waals surface area contributed by atoms with Crippen molar-refractivity contribution in [1.82, 2.24) is 19.9 Å². The van der Waals surface area contributed by atoms with Crippen molar-refractivity contribution in [2.24, 2.45) is 0 Å². The van der Waals surface area contributed by atoms with Gasteiger partial charge in [0.15, 0.2) is 5.16 Å². The number of hydrogen-bond donors (Lipinski definition) is 1. The van der Waals surface area contributed by atoms with Crippen molar-refractivity contribution in [1.29, 1.82) is 0 Å². The molecule has 3 heterocycles. The lowest BCUT2D eigenvalue weighted by molar-refractivity contribution is -0.121. The molecule has 1 atom stereocenters. The Bertz CT molecular complexity index is 1230. The third-order valence-corrected chi connectivity index (χ3v) is 8.30. The Morgan fingerprint density at radius 2 is 2.06 bits per heavy atom. The van der Waals surface area contributed by atoms with Gasteiger partial charge in [-0.3, -0.25) is 14.2 Å². The average Bonchev–Trinajstić information content (AvgIpc) is 3.46. The largest absolute Gasteiger partial charge is 0.351 e. The van der Waals surface area contributed by atoms with Crippen LogP contribution in [0.4, 0.5) is 0 Å². The second-order valence-electron chi connectivity index (χ2n) is 8.14. The number of carbonyl (C=O) groups is 1. The maximum Gasteiger partial charge on any atom is 0.257 e. The monoisotopic (exact) mass is 452 g/mol. The molecule has 5 rings (SSSR count). The number of thiazole rings is 1. The van der Waals surface area contributed by atoms with E-state index in [0.717, 1.165) is 62.6 Å². The van der Waals surface area contributed by atoms with Crippen molar-refractivity contribution in [3.8, 4) is 10.6 Å². The molecule has 2 aromatic heterocycles. The lowest BCUT2D eigenvalue weighted by Gasteiger charge is -2.14. The molecule has 8 heteroatoms. The molecule has 1 N–H and O–H groups in total. The second-order valence-corrected chi connectivity index (χ2v) is 10.2. The number of rotatable bonds is 5. The molecule has 0 saturated carbocycles. The summed E-state index contributed by atoms with van der Waals surface area (Å²) in [6.07, 6.45) is 2.99. The molecule has 0 spiro atoms. The van der Waals surface area contributed by atoms with Crippen molar-refractivity contribution in [2.75, 3.05) is 5.75 Å². The molecule has 3 aromatic rings. The molecule has 0 bridgehead atoms. The molecular formula is C23H24N4O2S2. The molecule has 2 aliphatic rings. The van der Waals surface area contributed by atoms with Crippen LogP contribution in [-0.4, -0.2) is 26.2 Å². The smallest absolute Gasteiger partial charge is 0.257 e. The van der Waals surface area contributed by atoms with Gasteiger partial charge in [0, 0.05) is 28.2 Å². The zero-order valence-electron chi connectivity index (χ0n) is 17.6. The number of thioether (sulfide) groups is 1. The first-order chi connectivity index (χ1) is 15.0. The number of fused-ring (bicyclic) bond motifs is 2. The third kappa shape index (κ3) is 3.83. The zero-order valence-corrected chi connectivity index (χ0v) is 19.2. The molecule has 1 amide bonds. The van der Waals surface area contributed by atoms with Crippen LogP contribution in [0, 0.1) is 13.8 Å². The number of carbonyl (C=O) groups excluding carboxylic acids is 1. The number of nitrogens with one attached hydrogen (secondary N) is 1. The average molecular weight is 453 g/mol. The first-order valence-corrected chi connectivity index (χ1v) is 12.4. The molecule has 1 aromatic carbocycles. The number of aromatic nitrogens is 3. The van der Waals surface area contributed by atoms with Gasteiger partial charge in [0.2, 0.25) is 5.91 Å². The van der Waals surface area contributed by atoms with E-state index in [2.05, 4.69) is 29.4 Å². The van der Waals surface area contributed by atoms with Gasteiger partial charge in [0.1, 0.15) is 5.01 Å². The van der Waals surface area contributed by atoms with Crippen LogP contribution < -0.4 is 10.9 Å². The van der Waals surface area contributed by atoms with Crippen LogP contribution in [0.2, 0.25) is 0 Å². The fourth-order valence-electron chi connectivity index (χ4n) is 4.29. The highest BCUT2D eigenvalue weighted by Gasteiger charge is 2.31. The van der Waals surface area contributed by atoms with Gasteiger partial charge < -0.3 is 5.32 Å². The highest BCUT2D eigenvalue weighted by molar-refractivity contribution is 7.99. The van der Waals surface area contributed by atoms with Crippen LogP contribution >= 0.6 is 23.1 Å². The van der Waals surface area contributed by atoms with E-state index in [9.17, 15) is 9.59 Å². The quantitative estimate of drug-likeness (QED) is 0.596. The summed E-state index contributed by atoms with van der Waals surface area (Å²) in [5.74, 6) is 0.673. The van der Waals surface area contributed by atoms with Crippen LogP contribution in [0.1, 0.15) is 46.3 Å². The van der Waals surface area contributed by atoms with Crippen molar-refractivity contribution >= 4 is 29.0 Å². The fourth-order valence-corrected chi connectivity index (χ4v) is 6.53. The molecule has 0 radical (unpaired) electrons. The summed E-state index contributed by atoms with van der Waals surface area (Å²) < 4.78 is 1.75. The number of hydrogen-bond acceptors (Lipinski definition) is 6. The number of benzene rings is 1. The van der Waals surface area contributed by atoms with E-state index < -0.39 is 0 Å². The van der Waals surface area contributed by atoms with Gasteiger partial charge >= 0.3 is 0 Å². The van der Waals surface area contributed by atoms with Crippen LogP contribution in [0.25, 0.3) is 10.6 Å². The maximum absolute atomic E-state index is 12.9. The van der Waals surface area contributed by atoms with Gasteiger partial charge in [-0.05, 0) is 38.7 Å². The van der Waals surface area contributed by atoms with Gasteiger partial charge in [-0.25, -0.2) is 9.97 Å². The molecule has 1 aliphatic heterocycles. The summed E-state index contributed by atoms with van der Waals surface area (Å²) in [7, 11) is 0. The normalized spacial score (nSPS) is 16.9. The summed E-state index contributed by atoms with van der Waals surface area (Å²) in [6.45, 7) is 4.52. The van der Waals surface area contributed by atoms with Crippen molar-refractivity contribution < 1.29 is 4.79 Å². The number of aryl methyl sites for hydroxylation is 3. The Hall–Kier alpha value is -2.45. The maximum atomic E-state index is 12.9. The molecule has 0 fully saturated rings. The minimum Gasteiger partial charge on any atom is -0.351 e. The first kappa shape index (κ1) is 20.5. The summed E-state index contributed by atoms with van der Waals surface area (Å²) in [5.41, 5.74) is 5.13. The number of amides is 1. The molecule has 1 unspecified atom stereocenters. The molecule has 6 nitrogen and oxygen atoms in total. The highest BCUT2D eigenvalue weighted by Crippen LogP contribution is 2.34. The summed E-state index contributed by atoms with van der Waals surface area (Å²) in [4.78, 5) is 36.1. The Kier molecular flexibility index (Phi) is 5.44. The van der Waals surface area contributed by atoms with Crippen molar-refractivity contribution in [2.45, 2.75) is 57.3 Å².